The molecule has 1 atom stereocenters. The predicted molar refractivity (Wildman–Crippen MR) is 102 cm³/mol. The van der Waals surface area contributed by atoms with Crippen molar-refractivity contribution in [2.24, 2.45) is 0 Å². The lowest BCUT2D eigenvalue weighted by Crippen LogP contribution is -2.39. The third-order valence-electron chi connectivity index (χ3n) is 4.78. The summed E-state index contributed by atoms with van der Waals surface area (Å²) in [6.45, 7) is 2.08. The van der Waals surface area contributed by atoms with E-state index in [0.29, 0.717) is 48.6 Å². The van der Waals surface area contributed by atoms with Crippen molar-refractivity contribution in [1.82, 2.24) is 20.3 Å². The fraction of sp³-hybridized carbons (Fsp3) is 0.250. The van der Waals surface area contributed by atoms with Crippen molar-refractivity contribution in [2.45, 2.75) is 12.6 Å². The van der Waals surface area contributed by atoms with Crippen molar-refractivity contribution >= 4 is 16.8 Å². The van der Waals surface area contributed by atoms with Crippen molar-refractivity contribution < 1.29 is 14.7 Å². The van der Waals surface area contributed by atoms with Crippen molar-refractivity contribution in [3.8, 4) is 0 Å². The molecule has 2 heterocycles. The monoisotopic (exact) mass is 380 g/mol. The lowest BCUT2D eigenvalue weighted by molar-refractivity contribution is 0.0706. The van der Waals surface area contributed by atoms with Crippen LogP contribution in [0.4, 0.5) is 0 Å². The van der Waals surface area contributed by atoms with Gasteiger partial charge in [0.05, 0.1) is 36.7 Å². The molecule has 1 saturated heterocycles. The zero-order chi connectivity index (χ0) is 19.5. The average Bonchev–Trinajstić information content (AvgIpc) is 2.76. The number of morpholine rings is 1. The Morgan fingerprint density at radius 3 is 2.75 bits per heavy atom. The fourth-order valence-corrected chi connectivity index (χ4v) is 3.34. The molecule has 0 spiro atoms. The zero-order valence-electron chi connectivity index (χ0n) is 15.1. The minimum atomic E-state index is -0.583. The van der Waals surface area contributed by atoms with Gasteiger partial charge < -0.3 is 10.1 Å². The van der Waals surface area contributed by atoms with E-state index in [1.807, 2.05) is 18.2 Å². The molecular formula is C20H20N4O4. The third kappa shape index (κ3) is 3.53. The van der Waals surface area contributed by atoms with E-state index in [1.165, 1.54) is 0 Å². The molecule has 0 aliphatic carbocycles. The van der Waals surface area contributed by atoms with Gasteiger partial charge in [-0.25, -0.2) is 10.5 Å². The van der Waals surface area contributed by atoms with Gasteiger partial charge in [-0.05, 0) is 29.8 Å². The molecule has 3 N–H and O–H groups in total. The first kappa shape index (κ1) is 18.3. The summed E-state index contributed by atoms with van der Waals surface area (Å²) < 4.78 is 7.21. The summed E-state index contributed by atoms with van der Waals surface area (Å²) in [5.41, 5.74) is 3.31. The highest BCUT2D eigenvalue weighted by Gasteiger charge is 2.22. The van der Waals surface area contributed by atoms with Gasteiger partial charge in [0, 0.05) is 12.1 Å². The number of hydrogen-bond acceptors (Lipinski definition) is 6. The molecule has 1 aliphatic rings. The van der Waals surface area contributed by atoms with E-state index in [-0.39, 0.29) is 11.6 Å². The van der Waals surface area contributed by atoms with E-state index in [0.717, 1.165) is 5.56 Å². The fourth-order valence-electron chi connectivity index (χ4n) is 3.34. The molecule has 8 heteroatoms. The summed E-state index contributed by atoms with van der Waals surface area (Å²) in [6.07, 6.45) is 0. The molecule has 0 saturated carbocycles. The molecule has 144 valence electrons. The van der Waals surface area contributed by atoms with Crippen LogP contribution >= 0.6 is 0 Å². The molecule has 4 rings (SSSR count). The molecule has 0 bridgehead atoms. The summed E-state index contributed by atoms with van der Waals surface area (Å²) in [6, 6.07) is 13.8. The Kier molecular flexibility index (Phi) is 5.16. The Morgan fingerprint density at radius 1 is 1.25 bits per heavy atom. The second kappa shape index (κ2) is 7.89. The van der Waals surface area contributed by atoms with Crippen molar-refractivity contribution in [2.75, 3.05) is 19.8 Å². The van der Waals surface area contributed by atoms with Crippen molar-refractivity contribution in [1.29, 1.82) is 0 Å². The lowest BCUT2D eigenvalue weighted by Gasteiger charge is -2.26. The Bertz CT molecular complexity index is 1060. The summed E-state index contributed by atoms with van der Waals surface area (Å²) >= 11 is 0. The molecule has 1 fully saturated rings. The summed E-state index contributed by atoms with van der Waals surface area (Å²) in [4.78, 5) is 29.4. The normalized spacial score (nSPS) is 16.8. The number of fused-ring (bicyclic) bond motifs is 1. The highest BCUT2D eigenvalue weighted by Crippen LogP contribution is 2.18. The molecule has 0 radical (unpaired) electrons. The molecular weight excluding hydrogens is 360 g/mol. The maximum atomic E-state index is 13.2. The van der Waals surface area contributed by atoms with Gasteiger partial charge in [0.1, 0.15) is 5.82 Å². The molecule has 2 aromatic carbocycles. The van der Waals surface area contributed by atoms with Gasteiger partial charge in [0.15, 0.2) is 0 Å². The highest BCUT2D eigenvalue weighted by molar-refractivity contribution is 5.93. The van der Waals surface area contributed by atoms with E-state index in [9.17, 15) is 9.59 Å². The maximum absolute atomic E-state index is 13.2. The van der Waals surface area contributed by atoms with E-state index in [1.54, 1.807) is 40.4 Å². The molecule has 1 aliphatic heterocycles. The molecule has 8 nitrogen and oxygen atoms in total. The number of rotatable bonds is 4. The standard InChI is InChI=1S/C20H20N4O4/c25-19(23-27)14-7-5-13(6-8-14)11-24-18(17-12-28-10-9-21-17)22-16-4-2-1-3-15(16)20(24)26/h1-8,17,21,27H,9-12H2,(H,23,25)/t17-/m1/s1. The first-order chi connectivity index (χ1) is 13.7. The minimum Gasteiger partial charge on any atom is -0.378 e. The van der Waals surface area contributed by atoms with Crippen LogP contribution in [-0.4, -0.2) is 40.4 Å². The van der Waals surface area contributed by atoms with Gasteiger partial charge in [-0.1, -0.05) is 24.3 Å². The first-order valence-electron chi connectivity index (χ1n) is 9.01. The van der Waals surface area contributed by atoms with E-state index >= 15 is 0 Å². The first-order valence-corrected chi connectivity index (χ1v) is 9.01. The largest absolute Gasteiger partial charge is 0.378 e. The third-order valence-corrected chi connectivity index (χ3v) is 4.78. The van der Waals surface area contributed by atoms with Crippen LogP contribution < -0.4 is 16.4 Å². The van der Waals surface area contributed by atoms with Crippen LogP contribution in [0.3, 0.4) is 0 Å². The van der Waals surface area contributed by atoms with Crippen LogP contribution in [0.25, 0.3) is 10.9 Å². The van der Waals surface area contributed by atoms with Crippen molar-refractivity contribution in [3.05, 3.63) is 75.8 Å². The van der Waals surface area contributed by atoms with Crippen LogP contribution in [0, 0.1) is 0 Å². The highest BCUT2D eigenvalue weighted by atomic mass is 16.5. The number of carbonyl (C=O) groups excluding carboxylic acids is 1. The van der Waals surface area contributed by atoms with Gasteiger partial charge in [0.2, 0.25) is 0 Å². The van der Waals surface area contributed by atoms with Gasteiger partial charge >= 0.3 is 0 Å². The van der Waals surface area contributed by atoms with Crippen LogP contribution in [0.2, 0.25) is 0 Å². The summed E-state index contributed by atoms with van der Waals surface area (Å²) in [5, 5.41) is 12.7. The van der Waals surface area contributed by atoms with Gasteiger partial charge in [-0.15, -0.1) is 0 Å². The minimum absolute atomic E-state index is 0.120. The van der Waals surface area contributed by atoms with Gasteiger partial charge in [-0.3, -0.25) is 19.4 Å². The van der Waals surface area contributed by atoms with E-state index < -0.39 is 5.91 Å². The Morgan fingerprint density at radius 2 is 2.04 bits per heavy atom. The Balaban J connectivity index is 1.76. The van der Waals surface area contributed by atoms with Crippen LogP contribution in [0.1, 0.15) is 27.8 Å². The molecule has 1 amide bonds. The Labute approximate surface area is 160 Å². The van der Waals surface area contributed by atoms with Gasteiger partial charge in [0.25, 0.3) is 11.5 Å². The number of amides is 1. The number of ether oxygens (including phenoxy) is 1. The van der Waals surface area contributed by atoms with Crippen LogP contribution in [-0.2, 0) is 11.3 Å². The number of nitrogens with one attached hydrogen (secondary N) is 2. The Hall–Kier alpha value is -3.07. The lowest BCUT2D eigenvalue weighted by atomic mass is 10.1. The smallest absolute Gasteiger partial charge is 0.274 e. The van der Waals surface area contributed by atoms with Crippen LogP contribution in [0.5, 0.6) is 0 Å². The second-order valence-corrected chi connectivity index (χ2v) is 6.60. The number of benzene rings is 2. The predicted octanol–water partition coefficient (Wildman–Crippen LogP) is 1.22. The van der Waals surface area contributed by atoms with Crippen molar-refractivity contribution in [3.63, 3.8) is 0 Å². The summed E-state index contributed by atoms with van der Waals surface area (Å²) in [7, 11) is 0. The molecule has 0 unspecified atom stereocenters. The molecule has 1 aromatic heterocycles. The quantitative estimate of drug-likeness (QED) is 0.464. The maximum Gasteiger partial charge on any atom is 0.274 e. The van der Waals surface area contributed by atoms with E-state index in [4.69, 9.17) is 14.9 Å². The zero-order valence-corrected chi connectivity index (χ0v) is 15.1. The SMILES string of the molecule is O=C(NO)c1ccc(Cn2c([C@H]3COCCN3)nc3ccccc3c2=O)cc1. The number of hydrogen-bond donors (Lipinski definition) is 3. The second-order valence-electron chi connectivity index (χ2n) is 6.60. The van der Waals surface area contributed by atoms with E-state index in [2.05, 4.69) is 5.32 Å². The average molecular weight is 380 g/mol. The topological polar surface area (TPSA) is 105 Å². The molecule has 28 heavy (non-hydrogen) atoms. The van der Waals surface area contributed by atoms with Gasteiger partial charge in [-0.2, -0.15) is 0 Å². The molecule has 3 aromatic rings. The summed E-state index contributed by atoms with van der Waals surface area (Å²) in [5.74, 6) is 0.0425. The number of nitrogens with zero attached hydrogens (tertiary/aromatic N) is 2. The number of aromatic nitrogens is 2. The number of hydroxylamine groups is 1. The number of carbonyl (C=O) groups is 1. The number of para-hydroxylation sites is 1. The van der Waals surface area contributed by atoms with Crippen LogP contribution in [0.15, 0.2) is 53.3 Å².